The average Bonchev–Trinajstić information content (AvgIpc) is 2.56. The van der Waals surface area contributed by atoms with Crippen LogP contribution in [-0.2, 0) is 9.53 Å². The standard InChI is InChI=1S/C18H13ClFNO3/c1-2-24-18(23)15-16(11-5-3-4-6-13(11)20)21-14-8-7-10(19)9-12(14)17(15)22/h3-9,15H,2H2,1H3. The van der Waals surface area contributed by atoms with E-state index >= 15 is 0 Å². The number of fused-ring (bicyclic) bond motifs is 1. The molecule has 122 valence electrons. The fraction of sp³-hybridized carbons (Fsp3) is 0.167. The smallest absolute Gasteiger partial charge is 0.323 e. The average molecular weight is 346 g/mol. The van der Waals surface area contributed by atoms with Gasteiger partial charge in [0.15, 0.2) is 11.7 Å². The number of nitrogens with zero attached hydrogens (tertiary/aromatic N) is 1. The molecule has 1 heterocycles. The van der Waals surface area contributed by atoms with Crippen molar-refractivity contribution < 1.29 is 18.7 Å². The lowest BCUT2D eigenvalue weighted by atomic mass is 9.85. The highest BCUT2D eigenvalue weighted by Gasteiger charge is 2.39. The van der Waals surface area contributed by atoms with Gasteiger partial charge in [0.2, 0.25) is 0 Å². The number of esters is 1. The zero-order valence-electron chi connectivity index (χ0n) is 12.8. The van der Waals surface area contributed by atoms with Gasteiger partial charge in [-0.25, -0.2) is 4.39 Å². The number of hydrogen-bond donors (Lipinski definition) is 0. The van der Waals surface area contributed by atoms with E-state index < -0.39 is 23.5 Å². The highest BCUT2D eigenvalue weighted by Crippen LogP contribution is 2.34. The molecule has 0 N–H and O–H groups in total. The third-order valence-electron chi connectivity index (χ3n) is 3.67. The number of ether oxygens (including phenoxy) is 1. The van der Waals surface area contributed by atoms with Crippen molar-refractivity contribution >= 4 is 34.8 Å². The first-order valence-electron chi connectivity index (χ1n) is 7.36. The number of benzene rings is 2. The Bertz CT molecular complexity index is 863. The van der Waals surface area contributed by atoms with Crippen molar-refractivity contribution in [1.82, 2.24) is 0 Å². The Morgan fingerprint density at radius 1 is 1.25 bits per heavy atom. The van der Waals surface area contributed by atoms with Crippen LogP contribution in [0.1, 0.15) is 22.8 Å². The molecule has 2 aromatic rings. The van der Waals surface area contributed by atoms with Crippen LogP contribution in [0.25, 0.3) is 0 Å². The molecule has 0 saturated heterocycles. The summed E-state index contributed by atoms with van der Waals surface area (Å²) < 4.78 is 19.2. The number of hydrogen-bond acceptors (Lipinski definition) is 4. The normalized spacial score (nSPS) is 16.4. The van der Waals surface area contributed by atoms with Gasteiger partial charge in [-0.1, -0.05) is 29.8 Å². The van der Waals surface area contributed by atoms with Crippen molar-refractivity contribution in [3.05, 3.63) is 64.4 Å². The van der Waals surface area contributed by atoms with Gasteiger partial charge in [0, 0.05) is 16.1 Å². The molecule has 1 aliphatic heterocycles. The first-order valence-corrected chi connectivity index (χ1v) is 7.74. The largest absolute Gasteiger partial charge is 0.465 e. The fourth-order valence-corrected chi connectivity index (χ4v) is 2.78. The molecule has 2 aromatic carbocycles. The van der Waals surface area contributed by atoms with Gasteiger partial charge in [-0.2, -0.15) is 0 Å². The van der Waals surface area contributed by atoms with Crippen LogP contribution in [0.3, 0.4) is 0 Å². The van der Waals surface area contributed by atoms with E-state index in [0.29, 0.717) is 10.7 Å². The quantitative estimate of drug-likeness (QED) is 0.624. The van der Waals surface area contributed by atoms with Crippen molar-refractivity contribution in [3.63, 3.8) is 0 Å². The maximum Gasteiger partial charge on any atom is 0.323 e. The van der Waals surface area contributed by atoms with E-state index in [2.05, 4.69) is 4.99 Å². The van der Waals surface area contributed by atoms with E-state index in [0.717, 1.165) is 0 Å². The van der Waals surface area contributed by atoms with Crippen LogP contribution in [0, 0.1) is 11.7 Å². The maximum atomic E-state index is 14.2. The Labute approximate surface area is 142 Å². The highest BCUT2D eigenvalue weighted by atomic mass is 35.5. The number of carbonyl (C=O) groups is 2. The van der Waals surface area contributed by atoms with E-state index in [1.807, 2.05) is 0 Å². The highest BCUT2D eigenvalue weighted by molar-refractivity contribution is 6.34. The predicted octanol–water partition coefficient (Wildman–Crippen LogP) is 3.98. The minimum Gasteiger partial charge on any atom is -0.465 e. The molecule has 0 radical (unpaired) electrons. The van der Waals surface area contributed by atoms with Crippen LogP contribution in [0.2, 0.25) is 5.02 Å². The first-order chi connectivity index (χ1) is 11.5. The van der Waals surface area contributed by atoms with Gasteiger partial charge in [-0.15, -0.1) is 0 Å². The molecule has 6 heteroatoms. The minimum atomic E-state index is -1.31. The molecule has 0 aromatic heterocycles. The summed E-state index contributed by atoms with van der Waals surface area (Å²) in [6, 6.07) is 10.5. The lowest BCUT2D eigenvalue weighted by Crippen LogP contribution is -2.36. The third-order valence-corrected chi connectivity index (χ3v) is 3.91. The maximum absolute atomic E-state index is 14.2. The third kappa shape index (κ3) is 2.83. The number of carbonyl (C=O) groups excluding carboxylic acids is 2. The van der Waals surface area contributed by atoms with E-state index in [4.69, 9.17) is 16.3 Å². The number of Topliss-reactive ketones (excluding diaryl/α,β-unsaturated/α-hetero) is 1. The van der Waals surface area contributed by atoms with Crippen molar-refractivity contribution in [3.8, 4) is 0 Å². The summed E-state index contributed by atoms with van der Waals surface area (Å²) in [6.45, 7) is 1.74. The van der Waals surface area contributed by atoms with Crippen LogP contribution < -0.4 is 0 Å². The topological polar surface area (TPSA) is 55.7 Å². The summed E-state index contributed by atoms with van der Waals surface area (Å²) in [5.74, 6) is -3.13. The van der Waals surface area contributed by atoms with Crippen molar-refractivity contribution in [2.24, 2.45) is 10.9 Å². The molecule has 24 heavy (non-hydrogen) atoms. The van der Waals surface area contributed by atoms with Crippen LogP contribution in [0.5, 0.6) is 0 Å². The van der Waals surface area contributed by atoms with Crippen molar-refractivity contribution in [1.29, 1.82) is 0 Å². The molecule has 0 spiro atoms. The molecule has 3 rings (SSSR count). The van der Waals surface area contributed by atoms with Crippen molar-refractivity contribution in [2.75, 3.05) is 6.61 Å². The molecule has 4 nitrogen and oxygen atoms in total. The molecule has 1 aliphatic rings. The lowest BCUT2D eigenvalue weighted by molar-refractivity contribution is -0.144. The van der Waals surface area contributed by atoms with E-state index in [1.54, 1.807) is 25.1 Å². The Morgan fingerprint density at radius 2 is 2.00 bits per heavy atom. The zero-order valence-corrected chi connectivity index (χ0v) is 13.5. The number of aliphatic imine (C=N–C) groups is 1. The molecule has 0 fully saturated rings. The second kappa shape index (κ2) is 6.53. The van der Waals surface area contributed by atoms with Gasteiger partial charge in [0.05, 0.1) is 18.0 Å². The van der Waals surface area contributed by atoms with Gasteiger partial charge in [0.1, 0.15) is 5.82 Å². The molecule has 1 unspecified atom stereocenters. The van der Waals surface area contributed by atoms with Crippen LogP contribution >= 0.6 is 11.6 Å². The SMILES string of the molecule is CCOC(=O)C1C(=O)c2cc(Cl)ccc2N=C1c1ccccc1F. The Balaban J connectivity index is 2.21. The van der Waals surface area contributed by atoms with Gasteiger partial charge < -0.3 is 4.74 Å². The molecule has 0 aliphatic carbocycles. The van der Waals surface area contributed by atoms with E-state index in [1.165, 1.54) is 24.3 Å². The molecule has 0 amide bonds. The Hall–Kier alpha value is -2.53. The van der Waals surface area contributed by atoms with Gasteiger partial charge >= 0.3 is 5.97 Å². The molecule has 0 bridgehead atoms. The van der Waals surface area contributed by atoms with Gasteiger partial charge in [-0.3, -0.25) is 14.6 Å². The summed E-state index contributed by atoms with van der Waals surface area (Å²) >= 11 is 5.93. The fourth-order valence-electron chi connectivity index (χ4n) is 2.61. The lowest BCUT2D eigenvalue weighted by Gasteiger charge is -2.23. The van der Waals surface area contributed by atoms with Gasteiger partial charge in [-0.05, 0) is 31.2 Å². The summed E-state index contributed by atoms with van der Waals surface area (Å²) in [5.41, 5.74) is 0.722. The number of rotatable bonds is 3. The molecular formula is C18H13ClFNO3. The summed E-state index contributed by atoms with van der Waals surface area (Å²) in [5, 5.41) is 0.356. The van der Waals surface area contributed by atoms with Crippen LogP contribution in [0.4, 0.5) is 10.1 Å². The predicted molar refractivity (Wildman–Crippen MR) is 88.5 cm³/mol. The van der Waals surface area contributed by atoms with Crippen LogP contribution in [-0.4, -0.2) is 24.1 Å². The Kier molecular flexibility index (Phi) is 4.44. The first kappa shape index (κ1) is 16.3. The number of halogens is 2. The van der Waals surface area contributed by atoms with E-state index in [-0.39, 0.29) is 23.4 Å². The zero-order chi connectivity index (χ0) is 17.3. The monoisotopic (exact) mass is 345 g/mol. The van der Waals surface area contributed by atoms with Gasteiger partial charge in [0.25, 0.3) is 0 Å². The van der Waals surface area contributed by atoms with E-state index in [9.17, 15) is 14.0 Å². The Morgan fingerprint density at radius 3 is 2.71 bits per heavy atom. The molecular weight excluding hydrogens is 333 g/mol. The second-order valence-electron chi connectivity index (χ2n) is 5.19. The molecule has 1 atom stereocenters. The molecule has 0 saturated carbocycles. The van der Waals surface area contributed by atoms with Crippen LogP contribution in [0.15, 0.2) is 47.5 Å². The minimum absolute atomic E-state index is 0.0476. The summed E-state index contributed by atoms with van der Waals surface area (Å²) in [7, 11) is 0. The summed E-state index contributed by atoms with van der Waals surface area (Å²) in [4.78, 5) is 29.5. The summed E-state index contributed by atoms with van der Waals surface area (Å²) in [6.07, 6.45) is 0. The second-order valence-corrected chi connectivity index (χ2v) is 5.62. The number of ketones is 1. The van der Waals surface area contributed by atoms with Crippen molar-refractivity contribution in [2.45, 2.75) is 6.92 Å².